The van der Waals surface area contributed by atoms with E-state index in [1.807, 2.05) is 0 Å². The highest BCUT2D eigenvalue weighted by molar-refractivity contribution is 5.99. The van der Waals surface area contributed by atoms with Crippen LogP contribution in [0.2, 0.25) is 0 Å². The number of ether oxygens (including phenoxy) is 1. The minimum Gasteiger partial charge on any atom is -0.468 e. The molecule has 108 valence electrons. The van der Waals surface area contributed by atoms with Gasteiger partial charge in [0.25, 0.3) is 11.6 Å². The molecule has 0 fully saturated rings. The van der Waals surface area contributed by atoms with Crippen molar-refractivity contribution >= 4 is 17.6 Å². The van der Waals surface area contributed by atoms with Crippen LogP contribution >= 0.6 is 0 Å². The lowest BCUT2D eigenvalue weighted by atomic mass is 10.1. The molecule has 0 saturated carbocycles. The van der Waals surface area contributed by atoms with Crippen LogP contribution in [0.3, 0.4) is 0 Å². The summed E-state index contributed by atoms with van der Waals surface area (Å²) in [5.41, 5.74) is -0.916. The molecule has 0 aliphatic rings. The van der Waals surface area contributed by atoms with Gasteiger partial charge in [-0.1, -0.05) is 0 Å². The molecule has 0 spiro atoms. The van der Waals surface area contributed by atoms with E-state index in [1.54, 1.807) is 6.92 Å². The van der Waals surface area contributed by atoms with Gasteiger partial charge in [-0.15, -0.1) is 0 Å². The van der Waals surface area contributed by atoms with Gasteiger partial charge >= 0.3 is 5.97 Å². The van der Waals surface area contributed by atoms with Crippen LogP contribution in [0.5, 0.6) is 0 Å². The van der Waals surface area contributed by atoms with Gasteiger partial charge in [0.15, 0.2) is 0 Å². The Morgan fingerprint density at radius 2 is 2.10 bits per heavy atom. The average molecular weight is 284 g/mol. The fraction of sp³-hybridized carbons (Fsp3) is 0.333. The van der Waals surface area contributed by atoms with Crippen molar-refractivity contribution in [2.24, 2.45) is 0 Å². The van der Waals surface area contributed by atoms with Crippen molar-refractivity contribution in [3.63, 3.8) is 0 Å². The molecular weight excluding hydrogens is 271 g/mol. The molecule has 0 radical (unpaired) electrons. The van der Waals surface area contributed by atoms with Gasteiger partial charge in [0.05, 0.1) is 18.1 Å². The molecule has 1 rings (SSSR count). The lowest BCUT2D eigenvalue weighted by Gasteiger charge is -2.19. The summed E-state index contributed by atoms with van der Waals surface area (Å²) in [6.07, 6.45) is 0. The largest absolute Gasteiger partial charge is 0.468 e. The summed E-state index contributed by atoms with van der Waals surface area (Å²) in [4.78, 5) is 34.4. The van der Waals surface area contributed by atoms with Crippen LogP contribution in [0.25, 0.3) is 0 Å². The fourth-order valence-electron chi connectivity index (χ4n) is 1.55. The number of methoxy groups -OCH3 is 1. The van der Waals surface area contributed by atoms with Crippen LogP contribution in [0.1, 0.15) is 17.3 Å². The number of carbonyl (C=O) groups is 2. The van der Waals surface area contributed by atoms with Gasteiger partial charge in [-0.2, -0.15) is 0 Å². The van der Waals surface area contributed by atoms with Crippen molar-refractivity contribution in [3.8, 4) is 0 Å². The van der Waals surface area contributed by atoms with Gasteiger partial charge in [0, 0.05) is 6.54 Å². The normalized spacial score (nSPS) is 9.95. The number of benzene rings is 1. The van der Waals surface area contributed by atoms with Crippen LogP contribution in [0.15, 0.2) is 18.2 Å². The number of nitrogens with zero attached hydrogens (tertiary/aromatic N) is 2. The number of carbonyl (C=O) groups excluding carboxylic acids is 2. The highest BCUT2D eigenvalue weighted by atomic mass is 19.1. The molecule has 0 bridgehead atoms. The Morgan fingerprint density at radius 1 is 1.45 bits per heavy atom. The second-order valence-corrected chi connectivity index (χ2v) is 3.81. The summed E-state index contributed by atoms with van der Waals surface area (Å²) in [5.74, 6) is -2.20. The molecule has 0 unspecified atom stereocenters. The number of nitro benzene ring substituents is 1. The maximum Gasteiger partial charge on any atom is 0.325 e. The van der Waals surface area contributed by atoms with E-state index in [2.05, 4.69) is 4.74 Å². The number of esters is 1. The van der Waals surface area contributed by atoms with E-state index in [0.717, 1.165) is 17.0 Å². The lowest BCUT2D eigenvalue weighted by molar-refractivity contribution is -0.385. The maximum atomic E-state index is 13.0. The molecular formula is C12H13FN2O5. The van der Waals surface area contributed by atoms with Crippen LogP contribution in [0.4, 0.5) is 10.1 Å². The fourth-order valence-corrected chi connectivity index (χ4v) is 1.55. The van der Waals surface area contributed by atoms with Crippen LogP contribution in [0, 0.1) is 15.9 Å². The summed E-state index contributed by atoms with van der Waals surface area (Å²) >= 11 is 0. The summed E-state index contributed by atoms with van der Waals surface area (Å²) < 4.78 is 17.5. The highest BCUT2D eigenvalue weighted by Crippen LogP contribution is 2.21. The molecule has 0 saturated heterocycles. The predicted molar refractivity (Wildman–Crippen MR) is 66.6 cm³/mol. The monoisotopic (exact) mass is 284 g/mol. The lowest BCUT2D eigenvalue weighted by Crippen LogP contribution is -2.36. The molecule has 7 nitrogen and oxygen atoms in total. The van der Waals surface area contributed by atoms with Crippen LogP contribution in [-0.4, -0.2) is 41.9 Å². The van der Waals surface area contributed by atoms with Gasteiger partial charge in [0.1, 0.15) is 17.9 Å². The molecule has 20 heavy (non-hydrogen) atoms. The number of halogens is 1. The van der Waals surface area contributed by atoms with Gasteiger partial charge in [0.2, 0.25) is 0 Å². The Hall–Kier alpha value is -2.51. The predicted octanol–water partition coefficient (Wildman–Crippen LogP) is 1.37. The first-order valence-corrected chi connectivity index (χ1v) is 5.70. The number of amides is 1. The third-order valence-corrected chi connectivity index (χ3v) is 2.60. The van der Waals surface area contributed by atoms with Crippen LogP contribution in [-0.2, 0) is 9.53 Å². The van der Waals surface area contributed by atoms with Crippen molar-refractivity contribution in [3.05, 3.63) is 39.7 Å². The molecule has 0 atom stereocenters. The number of likely N-dealkylation sites (N-methyl/N-ethyl adjacent to an activating group) is 1. The molecule has 0 aliphatic heterocycles. The first-order valence-electron chi connectivity index (χ1n) is 5.70. The third-order valence-electron chi connectivity index (χ3n) is 2.60. The summed E-state index contributed by atoms with van der Waals surface area (Å²) in [6.45, 7) is 1.43. The maximum absolute atomic E-state index is 13.0. The van der Waals surface area contributed by atoms with Crippen molar-refractivity contribution in [2.75, 3.05) is 20.2 Å². The smallest absolute Gasteiger partial charge is 0.325 e. The quantitative estimate of drug-likeness (QED) is 0.462. The SMILES string of the molecule is CCN(CC(=O)OC)C(=O)c1ccc(F)cc1[N+](=O)[O-]. The third kappa shape index (κ3) is 3.50. The Labute approximate surface area is 114 Å². The molecule has 0 aromatic heterocycles. The second kappa shape index (κ2) is 6.60. The minimum atomic E-state index is -0.845. The zero-order valence-corrected chi connectivity index (χ0v) is 11.0. The Balaban J connectivity index is 3.12. The van der Waals surface area contributed by atoms with Crippen LogP contribution < -0.4 is 0 Å². The van der Waals surface area contributed by atoms with E-state index in [1.165, 1.54) is 7.11 Å². The van der Waals surface area contributed by atoms with E-state index >= 15 is 0 Å². The van der Waals surface area contributed by atoms with Gasteiger partial charge in [-0.05, 0) is 19.1 Å². The van der Waals surface area contributed by atoms with Crippen molar-refractivity contribution < 1.29 is 23.6 Å². The number of hydrogen-bond acceptors (Lipinski definition) is 5. The number of rotatable bonds is 5. The molecule has 1 aromatic rings. The van der Waals surface area contributed by atoms with E-state index in [-0.39, 0.29) is 18.7 Å². The molecule has 1 amide bonds. The molecule has 8 heteroatoms. The Kier molecular flexibility index (Phi) is 5.13. The zero-order chi connectivity index (χ0) is 15.3. The van der Waals surface area contributed by atoms with Crippen molar-refractivity contribution in [1.82, 2.24) is 4.90 Å². The first-order chi connectivity index (χ1) is 9.40. The topological polar surface area (TPSA) is 89.8 Å². The standard InChI is InChI=1S/C12H13FN2O5/c1-3-14(7-11(16)20-2)12(17)9-5-4-8(13)6-10(9)15(18)19/h4-6H,3,7H2,1-2H3. The molecule has 0 heterocycles. The molecule has 0 N–H and O–H groups in total. The van der Waals surface area contributed by atoms with E-state index in [4.69, 9.17) is 0 Å². The van der Waals surface area contributed by atoms with Gasteiger partial charge in [-0.3, -0.25) is 19.7 Å². The average Bonchev–Trinajstić information content (AvgIpc) is 2.43. The minimum absolute atomic E-state index is 0.155. The summed E-state index contributed by atoms with van der Waals surface area (Å²) in [7, 11) is 1.17. The van der Waals surface area contributed by atoms with Gasteiger partial charge in [-0.25, -0.2) is 4.39 Å². The summed E-state index contributed by atoms with van der Waals surface area (Å²) in [5, 5.41) is 10.8. The Bertz CT molecular complexity index is 547. The Morgan fingerprint density at radius 3 is 2.60 bits per heavy atom. The van der Waals surface area contributed by atoms with Crippen molar-refractivity contribution in [2.45, 2.75) is 6.92 Å². The van der Waals surface area contributed by atoms with E-state index in [9.17, 15) is 24.1 Å². The van der Waals surface area contributed by atoms with E-state index < -0.39 is 28.3 Å². The molecule has 0 aliphatic carbocycles. The zero-order valence-electron chi connectivity index (χ0n) is 11.0. The van der Waals surface area contributed by atoms with Crippen molar-refractivity contribution in [1.29, 1.82) is 0 Å². The first kappa shape index (κ1) is 15.5. The molecule has 1 aromatic carbocycles. The number of nitro groups is 1. The van der Waals surface area contributed by atoms with E-state index in [0.29, 0.717) is 6.07 Å². The van der Waals surface area contributed by atoms with Gasteiger partial charge < -0.3 is 9.64 Å². The highest BCUT2D eigenvalue weighted by Gasteiger charge is 2.26. The second-order valence-electron chi connectivity index (χ2n) is 3.81. The number of hydrogen-bond donors (Lipinski definition) is 0. The summed E-state index contributed by atoms with van der Waals surface area (Å²) in [6, 6.07) is 2.64.